The highest BCUT2D eigenvalue weighted by atomic mass is 79.9. The Bertz CT molecular complexity index is 1030. The van der Waals surface area contributed by atoms with Crippen LogP contribution in [-0.2, 0) is 4.74 Å². The third-order valence-corrected chi connectivity index (χ3v) is 5.71. The Morgan fingerprint density at radius 3 is 2.38 bits per heavy atom. The standard InChI is InChI=1S/C24H20BrNO3/c25-23-12-11-17(27)14-16(23)6-5-13-26-24(28)29-15-22-20-9-3-1-7-18(20)19-8-2-4-10-21(19)22/h1-12,14,22,27H,13,15H2,(H,26,28). The number of aromatic hydroxyl groups is 1. The molecule has 0 atom stereocenters. The summed E-state index contributed by atoms with van der Waals surface area (Å²) in [5.74, 6) is 0.240. The molecule has 5 heteroatoms. The van der Waals surface area contributed by atoms with Gasteiger partial charge in [0, 0.05) is 16.9 Å². The number of benzene rings is 3. The van der Waals surface area contributed by atoms with Crippen molar-refractivity contribution in [2.24, 2.45) is 0 Å². The first-order chi connectivity index (χ1) is 14.1. The highest BCUT2D eigenvalue weighted by Crippen LogP contribution is 2.44. The van der Waals surface area contributed by atoms with E-state index in [2.05, 4.69) is 45.5 Å². The highest BCUT2D eigenvalue weighted by molar-refractivity contribution is 9.10. The van der Waals surface area contributed by atoms with Gasteiger partial charge in [-0.2, -0.15) is 0 Å². The molecule has 1 aliphatic rings. The number of phenolic OH excluding ortho intramolecular Hbond substituents is 1. The van der Waals surface area contributed by atoms with Crippen LogP contribution in [0.1, 0.15) is 22.6 Å². The molecular formula is C24H20BrNO3. The van der Waals surface area contributed by atoms with Crippen molar-refractivity contribution in [3.63, 3.8) is 0 Å². The number of rotatable bonds is 5. The minimum Gasteiger partial charge on any atom is -0.508 e. The molecule has 0 spiro atoms. The van der Waals surface area contributed by atoms with Gasteiger partial charge in [0.05, 0.1) is 0 Å². The number of hydrogen-bond acceptors (Lipinski definition) is 3. The Balaban J connectivity index is 1.34. The van der Waals surface area contributed by atoms with Gasteiger partial charge in [-0.1, -0.05) is 76.6 Å². The molecule has 3 aromatic rings. The lowest BCUT2D eigenvalue weighted by Crippen LogP contribution is -2.26. The van der Waals surface area contributed by atoms with Crippen LogP contribution in [-0.4, -0.2) is 24.4 Å². The average molecular weight is 450 g/mol. The van der Waals surface area contributed by atoms with Crippen molar-refractivity contribution >= 4 is 28.1 Å². The molecule has 0 saturated heterocycles. The van der Waals surface area contributed by atoms with Crippen LogP contribution in [0.2, 0.25) is 0 Å². The maximum absolute atomic E-state index is 12.1. The van der Waals surface area contributed by atoms with Crippen molar-refractivity contribution in [3.05, 3.63) is 94.0 Å². The number of phenols is 1. The highest BCUT2D eigenvalue weighted by Gasteiger charge is 2.28. The normalized spacial score (nSPS) is 12.6. The number of carbonyl (C=O) groups is 1. The zero-order valence-electron chi connectivity index (χ0n) is 15.6. The first-order valence-electron chi connectivity index (χ1n) is 9.37. The van der Waals surface area contributed by atoms with Crippen LogP contribution in [0, 0.1) is 0 Å². The Labute approximate surface area is 178 Å². The summed E-state index contributed by atoms with van der Waals surface area (Å²) in [6, 6.07) is 21.5. The zero-order chi connectivity index (χ0) is 20.2. The number of nitrogens with one attached hydrogen (secondary N) is 1. The molecule has 2 N–H and O–H groups in total. The molecule has 0 radical (unpaired) electrons. The molecule has 1 amide bonds. The lowest BCUT2D eigenvalue weighted by Gasteiger charge is -2.14. The monoisotopic (exact) mass is 449 g/mol. The molecule has 0 bridgehead atoms. The molecule has 0 fully saturated rings. The van der Waals surface area contributed by atoms with Crippen LogP contribution in [0.3, 0.4) is 0 Å². The Morgan fingerprint density at radius 2 is 1.69 bits per heavy atom. The molecule has 0 saturated carbocycles. The topological polar surface area (TPSA) is 58.6 Å². The van der Waals surface area contributed by atoms with Crippen LogP contribution in [0.5, 0.6) is 5.75 Å². The number of carbonyl (C=O) groups excluding carboxylic acids is 1. The van der Waals surface area contributed by atoms with Crippen molar-refractivity contribution in [2.75, 3.05) is 13.2 Å². The summed E-state index contributed by atoms with van der Waals surface area (Å²) in [4.78, 5) is 12.1. The first kappa shape index (κ1) is 19.3. The van der Waals surface area contributed by atoms with E-state index in [0.29, 0.717) is 13.2 Å². The maximum atomic E-state index is 12.1. The summed E-state index contributed by atoms with van der Waals surface area (Å²) in [7, 11) is 0. The summed E-state index contributed by atoms with van der Waals surface area (Å²) < 4.78 is 6.37. The number of ether oxygens (including phenoxy) is 1. The molecule has 3 aromatic carbocycles. The smallest absolute Gasteiger partial charge is 0.407 e. The molecular weight excluding hydrogens is 430 g/mol. The minimum absolute atomic E-state index is 0.0481. The predicted octanol–water partition coefficient (Wildman–Crippen LogP) is 5.71. The number of alkyl carbamates (subject to hydrolysis) is 1. The van der Waals surface area contributed by atoms with E-state index in [1.165, 1.54) is 22.3 Å². The van der Waals surface area contributed by atoms with Crippen LogP contribution < -0.4 is 5.32 Å². The number of fused-ring (bicyclic) bond motifs is 3. The largest absolute Gasteiger partial charge is 0.508 e. The van der Waals surface area contributed by atoms with Gasteiger partial charge < -0.3 is 15.2 Å². The second-order valence-electron chi connectivity index (χ2n) is 6.81. The van der Waals surface area contributed by atoms with Gasteiger partial charge in [-0.3, -0.25) is 0 Å². The third kappa shape index (κ3) is 4.20. The fourth-order valence-electron chi connectivity index (χ4n) is 3.64. The van der Waals surface area contributed by atoms with Gasteiger partial charge in [0.2, 0.25) is 0 Å². The van der Waals surface area contributed by atoms with Crippen molar-refractivity contribution in [3.8, 4) is 16.9 Å². The van der Waals surface area contributed by atoms with E-state index < -0.39 is 6.09 Å². The first-order valence-corrected chi connectivity index (χ1v) is 10.2. The van der Waals surface area contributed by atoms with E-state index in [9.17, 15) is 9.90 Å². The van der Waals surface area contributed by atoms with Gasteiger partial charge in [0.15, 0.2) is 0 Å². The maximum Gasteiger partial charge on any atom is 0.407 e. The van der Waals surface area contributed by atoms with E-state index in [1.807, 2.05) is 30.3 Å². The van der Waals surface area contributed by atoms with Crippen molar-refractivity contribution in [1.29, 1.82) is 0 Å². The molecule has 146 valence electrons. The van der Waals surface area contributed by atoms with E-state index >= 15 is 0 Å². The lowest BCUT2D eigenvalue weighted by molar-refractivity contribution is 0.144. The molecule has 4 rings (SSSR count). The summed E-state index contributed by atoms with van der Waals surface area (Å²) in [6.45, 7) is 0.625. The van der Waals surface area contributed by atoms with Gasteiger partial charge in [-0.05, 0) is 46.0 Å². The number of amides is 1. The van der Waals surface area contributed by atoms with Gasteiger partial charge in [-0.25, -0.2) is 4.79 Å². The quantitative estimate of drug-likeness (QED) is 0.524. The van der Waals surface area contributed by atoms with E-state index in [1.54, 1.807) is 24.3 Å². The SMILES string of the molecule is O=C(NCC=Cc1cc(O)ccc1Br)OCC1c2ccccc2-c2ccccc21. The number of halogens is 1. The van der Waals surface area contributed by atoms with Gasteiger partial charge >= 0.3 is 6.09 Å². The Kier molecular flexibility index (Phi) is 5.67. The molecule has 1 aliphatic carbocycles. The second-order valence-corrected chi connectivity index (χ2v) is 7.67. The van der Waals surface area contributed by atoms with Crippen molar-refractivity contribution in [1.82, 2.24) is 5.32 Å². The lowest BCUT2D eigenvalue weighted by atomic mass is 9.98. The van der Waals surface area contributed by atoms with Crippen LogP contribution >= 0.6 is 15.9 Å². The summed E-state index contributed by atoms with van der Waals surface area (Å²) in [6.07, 6.45) is 3.18. The molecule has 0 heterocycles. The average Bonchev–Trinajstić information content (AvgIpc) is 3.06. The second kappa shape index (κ2) is 8.53. The van der Waals surface area contributed by atoms with Gasteiger partial charge in [0.25, 0.3) is 0 Å². The summed E-state index contributed by atoms with van der Waals surface area (Å²) >= 11 is 3.43. The third-order valence-electron chi connectivity index (χ3n) is 4.98. The van der Waals surface area contributed by atoms with Gasteiger partial charge in [0.1, 0.15) is 12.4 Å². The van der Waals surface area contributed by atoms with Crippen molar-refractivity contribution < 1.29 is 14.6 Å². The minimum atomic E-state index is -0.452. The predicted molar refractivity (Wildman–Crippen MR) is 118 cm³/mol. The van der Waals surface area contributed by atoms with Crippen molar-refractivity contribution in [2.45, 2.75) is 5.92 Å². The van der Waals surface area contributed by atoms with Crippen LogP contribution in [0.4, 0.5) is 4.79 Å². The van der Waals surface area contributed by atoms with Crippen LogP contribution in [0.15, 0.2) is 77.3 Å². The molecule has 4 nitrogen and oxygen atoms in total. The van der Waals surface area contributed by atoms with Crippen LogP contribution in [0.25, 0.3) is 17.2 Å². The van der Waals surface area contributed by atoms with E-state index in [0.717, 1.165) is 10.0 Å². The Morgan fingerprint density at radius 1 is 1.03 bits per heavy atom. The number of hydrogen-bond donors (Lipinski definition) is 2. The fraction of sp³-hybridized carbons (Fsp3) is 0.125. The molecule has 29 heavy (non-hydrogen) atoms. The van der Waals surface area contributed by atoms with E-state index in [-0.39, 0.29) is 11.7 Å². The van der Waals surface area contributed by atoms with Gasteiger partial charge in [-0.15, -0.1) is 0 Å². The zero-order valence-corrected chi connectivity index (χ0v) is 17.2. The fourth-order valence-corrected chi connectivity index (χ4v) is 4.02. The van der Waals surface area contributed by atoms with E-state index in [4.69, 9.17) is 4.74 Å². The molecule has 0 unspecified atom stereocenters. The molecule has 0 aromatic heterocycles. The summed E-state index contributed by atoms with van der Waals surface area (Å²) in [5.41, 5.74) is 5.62. The summed E-state index contributed by atoms with van der Waals surface area (Å²) in [5, 5.41) is 12.3. The Hall–Kier alpha value is -3.05. The molecule has 0 aliphatic heterocycles.